The van der Waals surface area contributed by atoms with Crippen molar-refractivity contribution in [1.82, 2.24) is 5.43 Å². The molecule has 3 amide bonds. The maximum absolute atomic E-state index is 12.3. The molecular formula is C26H26N4O4. The molecule has 0 aromatic heterocycles. The molecule has 0 bridgehead atoms. The van der Waals surface area contributed by atoms with Crippen molar-refractivity contribution in [3.63, 3.8) is 0 Å². The number of anilines is 2. The first kappa shape index (κ1) is 24.2. The molecule has 0 aliphatic rings. The van der Waals surface area contributed by atoms with E-state index in [1.54, 1.807) is 42.5 Å². The first-order valence-electron chi connectivity index (χ1n) is 10.6. The Hall–Kier alpha value is -4.46. The summed E-state index contributed by atoms with van der Waals surface area (Å²) in [6.07, 6.45) is 1.34. The van der Waals surface area contributed by atoms with Crippen molar-refractivity contribution in [2.75, 3.05) is 17.2 Å². The molecule has 0 aliphatic heterocycles. The Labute approximate surface area is 198 Å². The second-order valence-corrected chi connectivity index (χ2v) is 7.70. The zero-order valence-corrected chi connectivity index (χ0v) is 19.2. The number of amides is 3. The minimum absolute atomic E-state index is 0.205. The molecule has 0 unspecified atom stereocenters. The van der Waals surface area contributed by atoms with Gasteiger partial charge in [0.15, 0.2) is 6.61 Å². The molecule has 0 aliphatic carbocycles. The highest BCUT2D eigenvalue weighted by Crippen LogP contribution is 2.17. The smallest absolute Gasteiger partial charge is 0.329 e. The summed E-state index contributed by atoms with van der Waals surface area (Å²) in [5.41, 5.74) is 7.09. The average Bonchev–Trinajstić information content (AvgIpc) is 2.80. The minimum atomic E-state index is -0.913. The molecular weight excluding hydrogens is 432 g/mol. The zero-order valence-electron chi connectivity index (χ0n) is 19.2. The van der Waals surface area contributed by atoms with Crippen molar-refractivity contribution in [3.05, 3.63) is 89.0 Å². The maximum Gasteiger partial charge on any atom is 0.329 e. The molecule has 0 spiro atoms. The zero-order chi connectivity index (χ0) is 24.5. The summed E-state index contributed by atoms with van der Waals surface area (Å²) in [6.45, 7) is 5.65. The lowest BCUT2D eigenvalue weighted by atomic mass is 10.1. The molecule has 0 saturated heterocycles. The molecule has 174 valence electrons. The fourth-order valence-electron chi connectivity index (χ4n) is 3.00. The van der Waals surface area contributed by atoms with Crippen LogP contribution in [0.1, 0.15) is 22.3 Å². The average molecular weight is 459 g/mol. The summed E-state index contributed by atoms with van der Waals surface area (Å²) in [6, 6.07) is 19.7. The first-order valence-corrected chi connectivity index (χ1v) is 10.6. The maximum atomic E-state index is 12.3. The summed E-state index contributed by atoms with van der Waals surface area (Å²) in [5.74, 6) is -1.66. The van der Waals surface area contributed by atoms with Gasteiger partial charge in [0, 0.05) is 16.9 Å². The van der Waals surface area contributed by atoms with E-state index in [1.807, 2.05) is 45.0 Å². The van der Waals surface area contributed by atoms with E-state index in [-0.39, 0.29) is 12.5 Å². The quantitative estimate of drug-likeness (QED) is 0.285. The molecule has 3 aromatic rings. The van der Waals surface area contributed by atoms with E-state index in [1.165, 1.54) is 6.21 Å². The van der Waals surface area contributed by atoms with Crippen LogP contribution < -0.4 is 20.8 Å². The summed E-state index contributed by atoms with van der Waals surface area (Å²) >= 11 is 0. The molecule has 3 N–H and O–H groups in total. The van der Waals surface area contributed by atoms with Crippen LogP contribution in [0.4, 0.5) is 11.4 Å². The molecule has 0 fully saturated rings. The van der Waals surface area contributed by atoms with Crippen molar-refractivity contribution in [1.29, 1.82) is 0 Å². The Morgan fingerprint density at radius 2 is 1.59 bits per heavy atom. The monoisotopic (exact) mass is 458 g/mol. The number of nitrogens with zero attached hydrogens (tertiary/aromatic N) is 1. The van der Waals surface area contributed by atoms with Gasteiger partial charge in [0.25, 0.3) is 5.91 Å². The van der Waals surface area contributed by atoms with Crippen molar-refractivity contribution < 1.29 is 19.1 Å². The predicted octanol–water partition coefficient (Wildman–Crippen LogP) is 3.72. The second kappa shape index (κ2) is 11.4. The van der Waals surface area contributed by atoms with E-state index in [2.05, 4.69) is 21.2 Å². The number of nitrogens with one attached hydrogen (secondary N) is 3. The van der Waals surface area contributed by atoms with Gasteiger partial charge in [-0.25, -0.2) is 5.43 Å². The Kier molecular flexibility index (Phi) is 8.12. The highest BCUT2D eigenvalue weighted by molar-refractivity contribution is 6.39. The van der Waals surface area contributed by atoms with Gasteiger partial charge in [-0.1, -0.05) is 30.3 Å². The lowest BCUT2D eigenvalue weighted by Gasteiger charge is -2.10. The summed E-state index contributed by atoms with van der Waals surface area (Å²) in [4.78, 5) is 36.3. The van der Waals surface area contributed by atoms with Gasteiger partial charge in [-0.15, -0.1) is 0 Å². The molecule has 0 heterocycles. The number of carbonyl (C=O) groups is 3. The van der Waals surface area contributed by atoms with Crippen LogP contribution in [0, 0.1) is 20.8 Å². The van der Waals surface area contributed by atoms with Crippen molar-refractivity contribution >= 4 is 35.3 Å². The molecule has 8 nitrogen and oxygen atoms in total. The number of hydrogen-bond donors (Lipinski definition) is 3. The van der Waals surface area contributed by atoms with Crippen molar-refractivity contribution in [2.24, 2.45) is 5.10 Å². The fourth-order valence-corrected chi connectivity index (χ4v) is 3.00. The Bertz CT molecular complexity index is 1240. The lowest BCUT2D eigenvalue weighted by Crippen LogP contribution is -2.32. The van der Waals surface area contributed by atoms with E-state index in [4.69, 9.17) is 4.74 Å². The lowest BCUT2D eigenvalue weighted by molar-refractivity contribution is -0.136. The Balaban J connectivity index is 1.53. The number of para-hydroxylation sites is 1. The highest BCUT2D eigenvalue weighted by atomic mass is 16.5. The number of ether oxygens (including phenoxy) is 1. The number of rotatable bonds is 7. The fraction of sp³-hybridized carbons (Fsp3) is 0.154. The number of carbonyl (C=O) groups excluding carboxylic acids is 3. The summed E-state index contributed by atoms with van der Waals surface area (Å²) in [5, 5.41) is 9.13. The van der Waals surface area contributed by atoms with E-state index >= 15 is 0 Å². The molecule has 0 radical (unpaired) electrons. The standard InChI is InChI=1S/C26H26N4O4/c1-17-7-6-9-21(13-17)29-25(32)26(33)30-27-15-20-8-4-5-10-23(20)34-16-24(31)28-22-12-11-18(2)19(3)14-22/h4-15H,16H2,1-3H3,(H,28,31)(H,29,32)(H,30,33)/b27-15-. The normalized spacial score (nSPS) is 10.6. The number of hydrazone groups is 1. The van der Waals surface area contributed by atoms with Gasteiger partial charge < -0.3 is 15.4 Å². The molecule has 0 saturated carbocycles. The molecule has 0 atom stereocenters. The predicted molar refractivity (Wildman–Crippen MR) is 132 cm³/mol. The third-order valence-corrected chi connectivity index (χ3v) is 4.92. The van der Waals surface area contributed by atoms with Crippen molar-refractivity contribution in [2.45, 2.75) is 20.8 Å². The van der Waals surface area contributed by atoms with Crippen LogP contribution in [0.3, 0.4) is 0 Å². The third kappa shape index (κ3) is 7.03. The second-order valence-electron chi connectivity index (χ2n) is 7.70. The van der Waals surface area contributed by atoms with Gasteiger partial charge in [-0.05, 0) is 73.9 Å². The highest BCUT2D eigenvalue weighted by Gasteiger charge is 2.13. The summed E-state index contributed by atoms with van der Waals surface area (Å²) in [7, 11) is 0. The third-order valence-electron chi connectivity index (χ3n) is 4.92. The topological polar surface area (TPSA) is 109 Å². The van der Waals surface area contributed by atoms with E-state index < -0.39 is 11.8 Å². The van der Waals surface area contributed by atoms with Crippen LogP contribution in [0.15, 0.2) is 71.8 Å². The summed E-state index contributed by atoms with van der Waals surface area (Å²) < 4.78 is 5.63. The Morgan fingerprint density at radius 1 is 0.824 bits per heavy atom. The molecule has 8 heteroatoms. The number of benzene rings is 3. The van der Waals surface area contributed by atoms with Crippen LogP contribution in [0.2, 0.25) is 0 Å². The first-order chi connectivity index (χ1) is 16.3. The van der Waals surface area contributed by atoms with Crippen LogP contribution in [0.25, 0.3) is 0 Å². The largest absolute Gasteiger partial charge is 0.483 e. The van der Waals surface area contributed by atoms with Crippen LogP contribution in [0.5, 0.6) is 5.75 Å². The van der Waals surface area contributed by atoms with Crippen LogP contribution >= 0.6 is 0 Å². The Morgan fingerprint density at radius 3 is 2.35 bits per heavy atom. The van der Waals surface area contributed by atoms with E-state index in [0.717, 1.165) is 16.7 Å². The van der Waals surface area contributed by atoms with Gasteiger partial charge in [-0.3, -0.25) is 14.4 Å². The number of aryl methyl sites for hydroxylation is 3. The van der Waals surface area contributed by atoms with Gasteiger partial charge in [-0.2, -0.15) is 5.10 Å². The van der Waals surface area contributed by atoms with Gasteiger partial charge >= 0.3 is 11.8 Å². The van der Waals surface area contributed by atoms with Crippen LogP contribution in [-0.4, -0.2) is 30.5 Å². The van der Waals surface area contributed by atoms with Gasteiger partial charge in [0.1, 0.15) is 5.75 Å². The SMILES string of the molecule is Cc1cccc(NC(=O)C(=O)N/N=C\c2ccccc2OCC(=O)Nc2ccc(C)c(C)c2)c1. The number of hydrogen-bond acceptors (Lipinski definition) is 5. The van der Waals surface area contributed by atoms with Gasteiger partial charge in [0.2, 0.25) is 0 Å². The van der Waals surface area contributed by atoms with E-state index in [9.17, 15) is 14.4 Å². The molecule has 34 heavy (non-hydrogen) atoms. The molecule has 3 rings (SSSR count). The van der Waals surface area contributed by atoms with E-state index in [0.29, 0.717) is 22.7 Å². The van der Waals surface area contributed by atoms with Crippen LogP contribution in [-0.2, 0) is 14.4 Å². The molecule has 3 aromatic carbocycles. The minimum Gasteiger partial charge on any atom is -0.483 e. The van der Waals surface area contributed by atoms with Crippen molar-refractivity contribution in [3.8, 4) is 5.75 Å². The van der Waals surface area contributed by atoms with Gasteiger partial charge in [0.05, 0.1) is 6.21 Å².